The predicted octanol–water partition coefficient (Wildman–Crippen LogP) is 3.69. The molecule has 1 amide bonds. The van der Waals surface area contributed by atoms with Crippen LogP contribution in [0.4, 0.5) is 0 Å². The van der Waals surface area contributed by atoms with E-state index in [1.54, 1.807) is 19.2 Å². The van der Waals surface area contributed by atoms with Crippen LogP contribution in [-0.4, -0.2) is 38.8 Å². The maximum absolute atomic E-state index is 12.0. The van der Waals surface area contributed by atoms with E-state index in [9.17, 15) is 9.59 Å². The number of ketones is 1. The highest BCUT2D eigenvalue weighted by Gasteiger charge is 2.41. The third-order valence-electron chi connectivity index (χ3n) is 5.69. The molecule has 0 heterocycles. The molecule has 0 N–H and O–H groups in total. The Morgan fingerprint density at radius 1 is 1.08 bits per heavy atom. The fraction of sp³-hybridized carbons (Fsp3) is 0.619. The van der Waals surface area contributed by atoms with Crippen LogP contribution in [0.25, 0.3) is 0 Å². The van der Waals surface area contributed by atoms with Crippen LogP contribution in [0.1, 0.15) is 70.2 Å². The van der Waals surface area contributed by atoms with Crippen LogP contribution in [-0.2, 0) is 9.63 Å². The molecule has 0 saturated heterocycles. The molecule has 2 saturated carbocycles. The highest BCUT2D eigenvalue weighted by molar-refractivity contribution is 6.32. The number of carbonyl (C=O) groups is 2. The smallest absolute Gasteiger partial charge is 0.251 e. The van der Waals surface area contributed by atoms with Gasteiger partial charge in [-0.1, -0.05) is 63.8 Å². The van der Waals surface area contributed by atoms with Gasteiger partial charge >= 0.3 is 0 Å². The van der Waals surface area contributed by atoms with Gasteiger partial charge in [-0.15, -0.1) is 0 Å². The van der Waals surface area contributed by atoms with E-state index in [0.717, 1.165) is 31.2 Å². The Bertz CT molecular complexity index is 636. The van der Waals surface area contributed by atoms with Crippen molar-refractivity contribution in [1.29, 1.82) is 0 Å². The molecule has 26 heavy (non-hydrogen) atoms. The zero-order valence-corrected chi connectivity index (χ0v) is 15.8. The summed E-state index contributed by atoms with van der Waals surface area (Å²) in [6.07, 6.45) is 6.37. The summed E-state index contributed by atoms with van der Waals surface area (Å²) in [4.78, 5) is 28.3. The monoisotopic (exact) mass is 357 g/mol. The average molecular weight is 357 g/mol. The molecule has 2 aliphatic rings. The quantitative estimate of drug-likeness (QED) is 0.469. The second-order valence-corrected chi connectivity index (χ2v) is 7.77. The van der Waals surface area contributed by atoms with Crippen LogP contribution in [0, 0.1) is 10.8 Å². The first-order valence-electron chi connectivity index (χ1n) is 8.94. The third kappa shape index (κ3) is 4.76. The van der Waals surface area contributed by atoms with Crippen LogP contribution < -0.4 is 5.46 Å². The van der Waals surface area contributed by atoms with Crippen molar-refractivity contribution in [3.8, 4) is 0 Å². The van der Waals surface area contributed by atoms with E-state index >= 15 is 0 Å². The first-order valence-corrected chi connectivity index (χ1v) is 8.94. The molecule has 2 fully saturated rings. The minimum absolute atomic E-state index is 0. The third-order valence-corrected chi connectivity index (χ3v) is 5.69. The summed E-state index contributed by atoms with van der Waals surface area (Å²) in [7, 11) is 8.82. The molecule has 2 radical (unpaired) electrons. The Kier molecular flexibility index (Phi) is 7.63. The molecular weight excluding hydrogens is 325 g/mol. The van der Waals surface area contributed by atoms with Crippen molar-refractivity contribution < 1.29 is 14.4 Å². The first kappa shape index (κ1) is 22.4. The molecule has 1 aromatic rings. The van der Waals surface area contributed by atoms with Gasteiger partial charge in [0.25, 0.3) is 5.91 Å². The van der Waals surface area contributed by atoms with Crippen molar-refractivity contribution in [2.24, 2.45) is 10.8 Å². The lowest BCUT2D eigenvalue weighted by molar-refractivity contribution is -0.184. The summed E-state index contributed by atoms with van der Waals surface area (Å²) in [6, 6.07) is 7.26. The number of amides is 1. The lowest BCUT2D eigenvalue weighted by Gasteiger charge is -2.38. The van der Waals surface area contributed by atoms with Crippen LogP contribution >= 0.6 is 0 Å². The summed E-state index contributed by atoms with van der Waals surface area (Å²) in [5, 5.41) is 1.32. The van der Waals surface area contributed by atoms with E-state index in [-0.39, 0.29) is 29.9 Å². The fourth-order valence-electron chi connectivity index (χ4n) is 3.35. The van der Waals surface area contributed by atoms with Gasteiger partial charge in [-0.05, 0) is 25.7 Å². The Hall–Kier alpha value is -1.62. The second kappa shape index (κ2) is 8.85. The van der Waals surface area contributed by atoms with E-state index < -0.39 is 0 Å². The van der Waals surface area contributed by atoms with Crippen molar-refractivity contribution >= 4 is 25.0 Å². The molecule has 2 aliphatic carbocycles. The maximum atomic E-state index is 12.0. The van der Waals surface area contributed by atoms with Crippen molar-refractivity contribution in [3.63, 3.8) is 0 Å². The Morgan fingerprint density at radius 2 is 1.62 bits per heavy atom. The Morgan fingerprint density at radius 3 is 2.00 bits per heavy atom. The number of hydrogen-bond donors (Lipinski definition) is 0. The maximum Gasteiger partial charge on any atom is 0.251 e. The number of hydrogen-bond acceptors (Lipinski definition) is 3. The van der Waals surface area contributed by atoms with E-state index in [2.05, 4.69) is 0 Å². The summed E-state index contributed by atoms with van der Waals surface area (Å²) in [6.45, 7) is 4.04. The van der Waals surface area contributed by atoms with Gasteiger partial charge in [0.15, 0.2) is 5.78 Å². The van der Waals surface area contributed by atoms with Gasteiger partial charge in [0, 0.05) is 23.4 Å². The van der Waals surface area contributed by atoms with Crippen LogP contribution in [0.5, 0.6) is 0 Å². The number of hydroxylamine groups is 2. The number of carbonyl (C=O) groups excluding carboxylic acids is 2. The van der Waals surface area contributed by atoms with Crippen molar-refractivity contribution in [2.45, 2.75) is 59.8 Å². The van der Waals surface area contributed by atoms with Gasteiger partial charge < -0.3 is 0 Å². The predicted molar refractivity (Wildman–Crippen MR) is 107 cm³/mol. The van der Waals surface area contributed by atoms with E-state index in [4.69, 9.17) is 12.7 Å². The zero-order valence-electron chi connectivity index (χ0n) is 15.8. The molecule has 5 heteroatoms. The van der Waals surface area contributed by atoms with Crippen molar-refractivity contribution in [1.82, 2.24) is 5.06 Å². The topological polar surface area (TPSA) is 46.6 Å². The summed E-state index contributed by atoms with van der Waals surface area (Å²) in [5.74, 6) is 0.349. The number of Topliss-reactive ketones (excluding diaryl/α,β-unsaturated/α-hetero) is 1. The molecule has 0 unspecified atom stereocenters. The molecule has 4 nitrogen and oxygen atoms in total. The SMILES string of the molecule is C.CON(C)C(=O)C1(C)CCC1.[B]c1cccc(C(=O)C2(C)CCC2)c1. The van der Waals surface area contributed by atoms with E-state index in [1.807, 2.05) is 26.0 Å². The molecule has 0 spiro atoms. The minimum Gasteiger partial charge on any atom is -0.294 e. The molecule has 3 rings (SSSR count). The lowest BCUT2D eigenvalue weighted by Crippen LogP contribution is -2.43. The summed E-state index contributed by atoms with van der Waals surface area (Å²) < 4.78 is 0. The van der Waals surface area contributed by atoms with Gasteiger partial charge in [0.2, 0.25) is 0 Å². The second-order valence-electron chi connectivity index (χ2n) is 7.77. The van der Waals surface area contributed by atoms with E-state index in [0.29, 0.717) is 5.46 Å². The molecule has 0 bridgehead atoms. The highest BCUT2D eigenvalue weighted by Crippen LogP contribution is 2.43. The number of nitrogens with zero attached hydrogens (tertiary/aromatic N) is 1. The molecular formula is C21H32BNO3. The van der Waals surface area contributed by atoms with Gasteiger partial charge in [0.05, 0.1) is 7.11 Å². The van der Waals surface area contributed by atoms with Crippen molar-refractivity contribution in [2.75, 3.05) is 14.2 Å². The molecule has 0 aromatic heterocycles. The standard InChI is InChI=1S/C12H13BO.C8H15NO2.CH4/c1-12(6-3-7-12)11(14)9-4-2-5-10(13)8-9;1-8(5-4-6-8)7(10)9(2)11-3;/h2,4-5,8H,3,6-7H2,1H3;4-6H2,1-3H3;1H4. The molecule has 1 aromatic carbocycles. The lowest BCUT2D eigenvalue weighted by atomic mass is 9.66. The van der Waals surface area contributed by atoms with Gasteiger partial charge in [-0.25, -0.2) is 5.06 Å². The van der Waals surface area contributed by atoms with Crippen LogP contribution in [0.15, 0.2) is 24.3 Å². The molecule has 142 valence electrons. The first-order chi connectivity index (χ1) is 11.7. The average Bonchev–Trinajstić information content (AvgIpc) is 2.56. The Balaban J connectivity index is 0.000000258. The zero-order chi connectivity index (χ0) is 18.7. The van der Waals surface area contributed by atoms with Crippen molar-refractivity contribution in [3.05, 3.63) is 29.8 Å². The minimum atomic E-state index is -0.134. The van der Waals surface area contributed by atoms with Crippen LogP contribution in [0.2, 0.25) is 0 Å². The fourth-order valence-corrected chi connectivity index (χ4v) is 3.35. The van der Waals surface area contributed by atoms with Crippen LogP contribution in [0.3, 0.4) is 0 Å². The van der Waals surface area contributed by atoms with Gasteiger partial charge in [-0.2, -0.15) is 0 Å². The Labute approximate surface area is 159 Å². The van der Waals surface area contributed by atoms with E-state index in [1.165, 1.54) is 25.0 Å². The van der Waals surface area contributed by atoms with Gasteiger partial charge in [-0.3, -0.25) is 14.4 Å². The highest BCUT2D eigenvalue weighted by atomic mass is 16.7. The largest absolute Gasteiger partial charge is 0.294 e. The normalized spacial score (nSPS) is 18.8. The van der Waals surface area contributed by atoms with Gasteiger partial charge in [0.1, 0.15) is 7.85 Å². The number of rotatable bonds is 4. The molecule has 0 aliphatic heterocycles. The summed E-state index contributed by atoms with van der Waals surface area (Å²) >= 11 is 0. The molecule has 0 atom stereocenters. The summed E-state index contributed by atoms with van der Waals surface area (Å²) in [5.41, 5.74) is 1.17. The number of benzene rings is 1.